The van der Waals surface area contributed by atoms with Crippen LogP contribution in [0.1, 0.15) is 28.5 Å². The van der Waals surface area contributed by atoms with Gasteiger partial charge in [0.2, 0.25) is 0 Å². The summed E-state index contributed by atoms with van der Waals surface area (Å²) in [6, 6.07) is 28.1. The van der Waals surface area contributed by atoms with E-state index in [0.717, 1.165) is 33.8 Å². The molecule has 0 saturated carbocycles. The Morgan fingerprint density at radius 1 is 0.844 bits per heavy atom. The molecule has 4 aromatic rings. The highest BCUT2D eigenvalue weighted by atomic mass is 16.5. The van der Waals surface area contributed by atoms with Gasteiger partial charge in [-0.15, -0.1) is 0 Å². The van der Waals surface area contributed by atoms with Crippen LogP contribution in [-0.4, -0.2) is 24.3 Å². The molecule has 0 radical (unpaired) electrons. The van der Waals surface area contributed by atoms with Gasteiger partial charge in [0, 0.05) is 17.8 Å². The third-order valence-electron chi connectivity index (χ3n) is 5.61. The van der Waals surface area contributed by atoms with Crippen LogP contribution in [0.15, 0.2) is 84.9 Å². The number of methoxy groups -OCH3 is 1. The highest BCUT2D eigenvalue weighted by Gasteiger charge is 2.28. The van der Waals surface area contributed by atoms with Crippen molar-refractivity contribution in [2.24, 2.45) is 0 Å². The predicted octanol–water partition coefficient (Wildman–Crippen LogP) is 6.36. The minimum absolute atomic E-state index is 0.313. The van der Waals surface area contributed by atoms with Gasteiger partial charge in [0.1, 0.15) is 5.75 Å². The van der Waals surface area contributed by atoms with Crippen LogP contribution in [-0.2, 0) is 11.3 Å². The summed E-state index contributed by atoms with van der Waals surface area (Å²) in [5.74, 6) is 0.461. The minimum Gasteiger partial charge on any atom is -0.497 e. The third kappa shape index (κ3) is 4.17. The lowest BCUT2D eigenvalue weighted by Gasteiger charge is -2.13. The van der Waals surface area contributed by atoms with Crippen LogP contribution in [0, 0.1) is 6.92 Å². The van der Waals surface area contributed by atoms with Gasteiger partial charge in [0.15, 0.2) is 0 Å². The monoisotopic (exact) mass is 425 g/mol. The number of benzene rings is 3. The maximum atomic E-state index is 13.3. The Morgan fingerprint density at radius 3 is 2.06 bits per heavy atom. The molecule has 162 valence electrons. The van der Waals surface area contributed by atoms with Crippen molar-refractivity contribution in [2.45, 2.75) is 20.4 Å². The number of nitrogens with zero attached hydrogens (tertiary/aromatic N) is 1. The lowest BCUT2D eigenvalue weighted by molar-refractivity contribution is 0.0528. The van der Waals surface area contributed by atoms with E-state index >= 15 is 0 Å². The molecule has 0 aliphatic carbocycles. The standard InChI is InChI=1S/C28H27NO3/c1-4-32-28(30)26-25(22-15-17-24(31-3)18-16-22)20(2)29(19-21-11-7-5-8-12-21)27(26)23-13-9-6-10-14-23/h5-18H,4,19H2,1-3H3. The van der Waals surface area contributed by atoms with Crippen molar-refractivity contribution >= 4 is 5.97 Å². The average molecular weight is 426 g/mol. The third-order valence-corrected chi connectivity index (χ3v) is 5.61. The Labute approximate surface area is 189 Å². The molecule has 1 aromatic heterocycles. The maximum absolute atomic E-state index is 13.3. The molecule has 0 N–H and O–H groups in total. The van der Waals surface area contributed by atoms with Gasteiger partial charge < -0.3 is 14.0 Å². The zero-order valence-electron chi connectivity index (χ0n) is 18.7. The summed E-state index contributed by atoms with van der Waals surface area (Å²) in [4.78, 5) is 13.3. The SMILES string of the molecule is CCOC(=O)c1c(-c2ccc(OC)cc2)c(C)n(Cc2ccccc2)c1-c1ccccc1. The second-order valence-electron chi connectivity index (χ2n) is 7.57. The average Bonchev–Trinajstić information content (AvgIpc) is 3.12. The van der Waals surface area contributed by atoms with Gasteiger partial charge in [-0.3, -0.25) is 0 Å². The first-order valence-electron chi connectivity index (χ1n) is 10.8. The Hall–Kier alpha value is -3.79. The van der Waals surface area contributed by atoms with E-state index in [2.05, 4.69) is 23.6 Å². The van der Waals surface area contributed by atoms with Crippen LogP contribution >= 0.6 is 0 Å². The highest BCUT2D eigenvalue weighted by Crippen LogP contribution is 2.39. The second kappa shape index (κ2) is 9.56. The van der Waals surface area contributed by atoms with Crippen molar-refractivity contribution in [1.29, 1.82) is 0 Å². The number of rotatable bonds is 7. The zero-order valence-corrected chi connectivity index (χ0v) is 18.7. The minimum atomic E-state index is -0.313. The summed E-state index contributed by atoms with van der Waals surface area (Å²) < 4.78 is 13.1. The number of carbonyl (C=O) groups excluding carboxylic acids is 1. The van der Waals surface area contributed by atoms with Crippen LogP contribution in [0.5, 0.6) is 5.75 Å². The van der Waals surface area contributed by atoms with Crippen LogP contribution in [0.25, 0.3) is 22.4 Å². The summed E-state index contributed by atoms with van der Waals surface area (Å²) in [5.41, 5.74) is 6.47. The van der Waals surface area contributed by atoms with Crippen molar-refractivity contribution in [3.8, 4) is 28.1 Å². The fraction of sp³-hybridized carbons (Fsp3) is 0.179. The van der Waals surface area contributed by atoms with E-state index in [9.17, 15) is 4.79 Å². The predicted molar refractivity (Wildman–Crippen MR) is 128 cm³/mol. The van der Waals surface area contributed by atoms with Gasteiger partial charge in [-0.1, -0.05) is 72.8 Å². The van der Waals surface area contributed by atoms with E-state index in [-0.39, 0.29) is 5.97 Å². The molecule has 0 atom stereocenters. The molecule has 3 aromatic carbocycles. The summed E-state index contributed by atoms with van der Waals surface area (Å²) in [6.45, 7) is 4.87. The number of ether oxygens (including phenoxy) is 2. The van der Waals surface area contributed by atoms with E-state index in [4.69, 9.17) is 9.47 Å². The fourth-order valence-electron chi connectivity index (χ4n) is 4.11. The van der Waals surface area contributed by atoms with Gasteiger partial charge in [-0.2, -0.15) is 0 Å². The van der Waals surface area contributed by atoms with Crippen LogP contribution in [0.2, 0.25) is 0 Å². The topological polar surface area (TPSA) is 40.5 Å². The van der Waals surface area contributed by atoms with Crippen molar-refractivity contribution in [3.05, 3.63) is 102 Å². The molecule has 0 amide bonds. The molecule has 0 fully saturated rings. The molecular formula is C28H27NO3. The summed E-state index contributed by atoms with van der Waals surface area (Å²) in [5, 5.41) is 0. The van der Waals surface area contributed by atoms with E-state index in [1.165, 1.54) is 5.56 Å². The Bertz CT molecular complexity index is 1190. The van der Waals surface area contributed by atoms with Crippen molar-refractivity contribution in [3.63, 3.8) is 0 Å². The molecule has 0 unspecified atom stereocenters. The zero-order chi connectivity index (χ0) is 22.5. The fourth-order valence-corrected chi connectivity index (χ4v) is 4.11. The Kier molecular flexibility index (Phi) is 6.41. The molecular weight excluding hydrogens is 398 g/mol. The molecule has 0 saturated heterocycles. The molecule has 0 aliphatic rings. The quantitative estimate of drug-likeness (QED) is 0.323. The first-order valence-corrected chi connectivity index (χ1v) is 10.8. The van der Waals surface area contributed by atoms with E-state index in [1.807, 2.05) is 79.7 Å². The highest BCUT2D eigenvalue weighted by molar-refractivity contribution is 6.05. The van der Waals surface area contributed by atoms with Crippen LogP contribution in [0.4, 0.5) is 0 Å². The number of carbonyl (C=O) groups is 1. The number of aromatic nitrogens is 1. The summed E-state index contributed by atoms with van der Waals surface area (Å²) >= 11 is 0. The van der Waals surface area contributed by atoms with Gasteiger partial charge in [0.05, 0.1) is 25.0 Å². The first kappa shape index (κ1) is 21.4. The number of hydrogen-bond donors (Lipinski definition) is 0. The Morgan fingerprint density at radius 2 is 1.47 bits per heavy atom. The molecule has 0 bridgehead atoms. The molecule has 1 heterocycles. The summed E-state index contributed by atoms with van der Waals surface area (Å²) in [6.07, 6.45) is 0. The van der Waals surface area contributed by atoms with E-state index in [1.54, 1.807) is 7.11 Å². The number of esters is 1. The molecule has 4 heteroatoms. The van der Waals surface area contributed by atoms with Crippen molar-refractivity contribution in [1.82, 2.24) is 4.57 Å². The number of hydrogen-bond acceptors (Lipinski definition) is 3. The lowest BCUT2D eigenvalue weighted by Crippen LogP contribution is -2.09. The molecule has 4 nitrogen and oxygen atoms in total. The molecule has 0 aliphatic heterocycles. The Balaban J connectivity index is 2.00. The maximum Gasteiger partial charge on any atom is 0.340 e. The van der Waals surface area contributed by atoms with E-state index < -0.39 is 0 Å². The molecule has 4 rings (SSSR count). The van der Waals surface area contributed by atoms with E-state index in [0.29, 0.717) is 18.7 Å². The molecule has 0 spiro atoms. The van der Waals surface area contributed by atoms with Crippen LogP contribution in [0.3, 0.4) is 0 Å². The first-order chi connectivity index (χ1) is 15.6. The molecule has 32 heavy (non-hydrogen) atoms. The van der Waals surface area contributed by atoms with Crippen LogP contribution < -0.4 is 4.74 Å². The van der Waals surface area contributed by atoms with Gasteiger partial charge in [0.25, 0.3) is 0 Å². The second-order valence-corrected chi connectivity index (χ2v) is 7.57. The smallest absolute Gasteiger partial charge is 0.340 e. The van der Waals surface area contributed by atoms with Gasteiger partial charge >= 0.3 is 5.97 Å². The van der Waals surface area contributed by atoms with Gasteiger partial charge in [-0.05, 0) is 42.7 Å². The lowest BCUT2D eigenvalue weighted by atomic mass is 9.98. The largest absolute Gasteiger partial charge is 0.497 e. The normalized spacial score (nSPS) is 10.7. The van der Waals surface area contributed by atoms with Crippen molar-refractivity contribution in [2.75, 3.05) is 13.7 Å². The van der Waals surface area contributed by atoms with Gasteiger partial charge in [-0.25, -0.2) is 4.79 Å². The van der Waals surface area contributed by atoms with Crippen molar-refractivity contribution < 1.29 is 14.3 Å². The summed E-state index contributed by atoms with van der Waals surface area (Å²) in [7, 11) is 1.65.